The first-order valence-electron chi connectivity index (χ1n) is 16.1. The van der Waals surface area contributed by atoms with Gasteiger partial charge in [-0.15, -0.1) is 0 Å². The van der Waals surface area contributed by atoms with Gasteiger partial charge >= 0.3 is 0 Å². The predicted octanol–water partition coefficient (Wildman–Crippen LogP) is 3.35. The molecule has 4 rings (SSSR count). The number of nitrogens with one attached hydrogen (secondary N) is 1. The molecule has 0 aliphatic carbocycles. The summed E-state index contributed by atoms with van der Waals surface area (Å²) in [5.41, 5.74) is 0.256. The molecule has 2 N–H and O–H groups in total. The van der Waals surface area contributed by atoms with Crippen LogP contribution >= 0.6 is 0 Å². The van der Waals surface area contributed by atoms with Crippen molar-refractivity contribution in [3.63, 3.8) is 0 Å². The van der Waals surface area contributed by atoms with E-state index in [0.29, 0.717) is 25.2 Å². The lowest BCUT2D eigenvalue weighted by Gasteiger charge is -2.35. The van der Waals surface area contributed by atoms with E-state index in [1.165, 1.54) is 72.3 Å². The number of carbonyl (C=O) groups excluding carboxylic acids is 1. The zero-order valence-corrected chi connectivity index (χ0v) is 30.4. The largest absolute Gasteiger partial charge is 0.497 e. The Bertz CT molecular complexity index is 1780. The van der Waals surface area contributed by atoms with Gasteiger partial charge in [0.05, 0.1) is 48.8 Å². The molecule has 0 spiro atoms. The molecule has 2 aromatic carbocycles. The number of aliphatic hydroxyl groups is 1. The Morgan fingerprint density at radius 1 is 1.12 bits per heavy atom. The van der Waals surface area contributed by atoms with Gasteiger partial charge in [0.2, 0.25) is 0 Å². The van der Waals surface area contributed by atoms with Gasteiger partial charge in [-0.3, -0.25) is 9.52 Å². The summed E-state index contributed by atoms with van der Waals surface area (Å²) in [6, 6.07) is 9.79. The molecule has 0 unspecified atom stereocenters. The number of imidazole rings is 1. The van der Waals surface area contributed by atoms with E-state index in [-0.39, 0.29) is 58.6 Å². The van der Waals surface area contributed by atoms with Gasteiger partial charge in [0.15, 0.2) is 5.03 Å². The third-order valence-corrected chi connectivity index (χ3v) is 11.6. The van der Waals surface area contributed by atoms with Crippen LogP contribution in [0.3, 0.4) is 0 Å². The molecule has 0 saturated carbocycles. The topological polar surface area (TPSA) is 170 Å². The maximum Gasteiger partial charge on any atom is 0.261 e. The number of sulfonamides is 2. The lowest BCUT2D eigenvalue weighted by atomic mass is 10.0. The van der Waals surface area contributed by atoms with Crippen LogP contribution in [0.1, 0.15) is 50.4 Å². The van der Waals surface area contributed by atoms with Gasteiger partial charge in [-0.25, -0.2) is 21.8 Å². The molecular formula is C33H47N5O9S2. The number of aliphatic hydroxyl groups excluding tert-OH is 1. The standard InChI is InChI=1S/C33H47N5O9S2/c1-23-18-38(24(2)21-39)33(40)29-17-26(35-48(41,42)28-13-11-27(45-6)12-14-28)10-15-30(29)47-25(3)9-7-8-16-46-31(23)19-37(5)49(43,44)32-20-36(4)22-34-32/h10-15,17,20,22-25,31,35,39H,7-9,16,18-19,21H2,1-6H3/t23-,24-,25-,31+/m0/s1. The minimum Gasteiger partial charge on any atom is -0.497 e. The van der Waals surface area contributed by atoms with Crippen LogP contribution < -0.4 is 14.2 Å². The number of hydrogen-bond acceptors (Lipinski definition) is 10. The van der Waals surface area contributed by atoms with Crippen molar-refractivity contribution in [3.8, 4) is 11.5 Å². The number of aryl methyl sites for hydroxylation is 1. The highest BCUT2D eigenvalue weighted by Crippen LogP contribution is 2.30. The third kappa shape index (κ3) is 9.51. The van der Waals surface area contributed by atoms with Crippen LogP contribution in [-0.2, 0) is 31.8 Å². The van der Waals surface area contributed by atoms with E-state index in [0.717, 1.165) is 6.42 Å². The molecule has 14 nitrogen and oxygen atoms in total. The van der Waals surface area contributed by atoms with Gasteiger partial charge in [0.25, 0.3) is 26.0 Å². The number of anilines is 1. The van der Waals surface area contributed by atoms with E-state index < -0.39 is 38.1 Å². The summed E-state index contributed by atoms with van der Waals surface area (Å²) in [5.74, 6) is -0.101. The van der Waals surface area contributed by atoms with Gasteiger partial charge in [-0.2, -0.15) is 4.31 Å². The second kappa shape index (κ2) is 16.3. The Balaban J connectivity index is 1.67. The molecule has 2 heterocycles. The molecule has 0 bridgehead atoms. The lowest BCUT2D eigenvalue weighted by Crippen LogP contribution is -2.48. The summed E-state index contributed by atoms with van der Waals surface area (Å²) in [6.07, 6.45) is 4.04. The average Bonchev–Trinajstić information content (AvgIpc) is 3.52. The Morgan fingerprint density at radius 3 is 2.47 bits per heavy atom. The summed E-state index contributed by atoms with van der Waals surface area (Å²) < 4.78 is 76.1. The summed E-state index contributed by atoms with van der Waals surface area (Å²) in [5, 5.41) is 10.1. The monoisotopic (exact) mass is 721 g/mol. The number of ether oxygens (including phenoxy) is 3. The molecular weight excluding hydrogens is 675 g/mol. The Kier molecular flexibility index (Phi) is 12.7. The second-order valence-corrected chi connectivity index (χ2v) is 16.1. The molecule has 1 aliphatic heterocycles. The molecule has 0 radical (unpaired) electrons. The normalized spacial score (nSPS) is 20.6. The highest BCUT2D eigenvalue weighted by atomic mass is 32.2. The van der Waals surface area contributed by atoms with Crippen molar-refractivity contribution in [3.05, 3.63) is 60.6 Å². The SMILES string of the molecule is COc1ccc(S(=O)(=O)Nc2ccc3c(c2)C(=O)N([C@@H](C)CO)C[C@H](C)[C@@H](CN(C)S(=O)(=O)c2cn(C)cn2)OCCCC[C@H](C)O3)cc1. The number of likely N-dealkylation sites (N-methyl/N-ethyl adjacent to an activating group) is 1. The van der Waals surface area contributed by atoms with E-state index in [4.69, 9.17) is 14.2 Å². The van der Waals surface area contributed by atoms with Crippen LogP contribution in [0.25, 0.3) is 0 Å². The molecule has 1 aromatic heterocycles. The zero-order valence-electron chi connectivity index (χ0n) is 28.8. The van der Waals surface area contributed by atoms with Crippen LogP contribution in [0.2, 0.25) is 0 Å². The maximum atomic E-state index is 14.4. The fourth-order valence-corrected chi connectivity index (χ4v) is 7.64. The van der Waals surface area contributed by atoms with Crippen LogP contribution in [-0.4, -0.2) is 105 Å². The van der Waals surface area contributed by atoms with Gasteiger partial charge < -0.3 is 28.8 Å². The number of fused-ring (bicyclic) bond motifs is 1. The Morgan fingerprint density at radius 2 is 1.84 bits per heavy atom. The molecule has 270 valence electrons. The van der Waals surface area contributed by atoms with E-state index in [2.05, 4.69) is 9.71 Å². The Labute approximate surface area is 289 Å². The maximum absolute atomic E-state index is 14.4. The Hall–Kier alpha value is -3.70. The summed E-state index contributed by atoms with van der Waals surface area (Å²) in [4.78, 5) is 19.9. The van der Waals surface area contributed by atoms with Crippen LogP contribution in [0, 0.1) is 5.92 Å². The van der Waals surface area contributed by atoms with E-state index in [1.807, 2.05) is 13.8 Å². The highest BCUT2D eigenvalue weighted by molar-refractivity contribution is 7.92. The summed E-state index contributed by atoms with van der Waals surface area (Å²) in [7, 11) is -3.30. The van der Waals surface area contributed by atoms with E-state index >= 15 is 0 Å². The summed E-state index contributed by atoms with van der Waals surface area (Å²) in [6.45, 7) is 5.56. The lowest BCUT2D eigenvalue weighted by molar-refractivity contribution is -0.00835. The van der Waals surface area contributed by atoms with Gasteiger partial charge in [0, 0.05) is 51.6 Å². The van der Waals surface area contributed by atoms with Crippen molar-refractivity contribution in [2.45, 2.75) is 68.2 Å². The van der Waals surface area contributed by atoms with Gasteiger partial charge in [-0.05, 0) is 75.6 Å². The average molecular weight is 722 g/mol. The number of benzene rings is 2. The number of rotatable bonds is 10. The van der Waals surface area contributed by atoms with Gasteiger partial charge in [0.1, 0.15) is 11.5 Å². The number of aromatic nitrogens is 2. The molecule has 0 saturated heterocycles. The number of carbonyl (C=O) groups is 1. The summed E-state index contributed by atoms with van der Waals surface area (Å²) >= 11 is 0. The van der Waals surface area contributed by atoms with Crippen LogP contribution in [0.5, 0.6) is 11.5 Å². The van der Waals surface area contributed by atoms with Gasteiger partial charge in [-0.1, -0.05) is 6.92 Å². The van der Waals surface area contributed by atoms with Crippen molar-refractivity contribution in [2.24, 2.45) is 13.0 Å². The smallest absolute Gasteiger partial charge is 0.261 e. The zero-order chi connectivity index (χ0) is 35.9. The number of hydrogen-bond donors (Lipinski definition) is 2. The fourth-order valence-electron chi connectivity index (χ4n) is 5.45. The minimum absolute atomic E-state index is 0.00298. The van der Waals surface area contributed by atoms with E-state index in [1.54, 1.807) is 24.6 Å². The first-order chi connectivity index (χ1) is 23.2. The molecule has 4 atom stereocenters. The van der Waals surface area contributed by atoms with Crippen molar-refractivity contribution < 1.29 is 40.9 Å². The minimum atomic E-state index is -4.02. The fraction of sp³-hybridized carbons (Fsp3) is 0.515. The molecule has 1 amide bonds. The predicted molar refractivity (Wildman–Crippen MR) is 184 cm³/mol. The van der Waals surface area contributed by atoms with E-state index in [9.17, 15) is 26.7 Å². The van der Waals surface area contributed by atoms with Crippen molar-refractivity contribution in [1.29, 1.82) is 0 Å². The van der Waals surface area contributed by atoms with Crippen molar-refractivity contribution in [2.75, 3.05) is 45.2 Å². The van der Waals surface area contributed by atoms with Crippen molar-refractivity contribution >= 4 is 31.6 Å². The first kappa shape index (κ1) is 38.1. The second-order valence-electron chi connectivity index (χ2n) is 12.5. The van der Waals surface area contributed by atoms with Crippen LogP contribution in [0.15, 0.2) is 64.9 Å². The number of nitrogens with zero attached hydrogens (tertiary/aromatic N) is 4. The number of methoxy groups -OCH3 is 1. The highest BCUT2D eigenvalue weighted by Gasteiger charge is 2.33. The number of amides is 1. The van der Waals surface area contributed by atoms with Crippen molar-refractivity contribution in [1.82, 2.24) is 18.8 Å². The van der Waals surface area contributed by atoms with Crippen LogP contribution in [0.4, 0.5) is 5.69 Å². The molecule has 16 heteroatoms. The quantitative estimate of drug-likeness (QED) is 0.317. The molecule has 49 heavy (non-hydrogen) atoms. The first-order valence-corrected chi connectivity index (χ1v) is 19.0. The molecule has 1 aliphatic rings. The molecule has 3 aromatic rings. The molecule has 0 fully saturated rings. The third-order valence-electron chi connectivity index (χ3n) is 8.47.